The smallest absolute Gasteiger partial charge is 0.201 e. The Balaban J connectivity index is 1.92. The molecule has 4 heteroatoms. The number of aromatic nitrogens is 2. The number of imidazole rings is 1. The summed E-state index contributed by atoms with van der Waals surface area (Å²) in [6.07, 6.45) is 4.72. The van der Waals surface area contributed by atoms with Crippen LogP contribution in [0.25, 0.3) is 11.0 Å². The largest absolute Gasteiger partial charge is 0.369 e. The quantitative estimate of drug-likeness (QED) is 0.851. The van der Waals surface area contributed by atoms with Gasteiger partial charge in [-0.2, -0.15) is 0 Å². The fraction of sp³-hybridized carbons (Fsp3) is 0.500. The zero-order valence-electron chi connectivity index (χ0n) is 10.5. The first kappa shape index (κ1) is 11.5. The molecule has 2 aromatic rings. The zero-order chi connectivity index (χ0) is 12.5. The number of hydrogen-bond donors (Lipinski definition) is 2. The minimum absolute atomic E-state index is 0.486. The van der Waals surface area contributed by atoms with E-state index in [9.17, 15) is 0 Å². The third-order valence-electron chi connectivity index (χ3n) is 4.14. The molecule has 0 bridgehead atoms. The molecule has 3 rings (SSSR count). The summed E-state index contributed by atoms with van der Waals surface area (Å²) in [6.45, 7) is 0.812. The molecule has 96 valence electrons. The average molecular weight is 244 g/mol. The summed E-state index contributed by atoms with van der Waals surface area (Å²) < 4.78 is 2.21. The third kappa shape index (κ3) is 1.86. The van der Waals surface area contributed by atoms with Gasteiger partial charge in [0.2, 0.25) is 5.95 Å². The minimum Gasteiger partial charge on any atom is -0.369 e. The lowest BCUT2D eigenvalue weighted by atomic mass is 9.86. The lowest BCUT2D eigenvalue weighted by molar-refractivity contribution is 0.285. The Morgan fingerprint density at radius 1 is 1.17 bits per heavy atom. The van der Waals surface area contributed by atoms with Gasteiger partial charge in [0.1, 0.15) is 0 Å². The Hall–Kier alpha value is -1.55. The lowest BCUT2D eigenvalue weighted by Gasteiger charge is -2.29. The summed E-state index contributed by atoms with van der Waals surface area (Å²) in [4.78, 5) is 4.44. The van der Waals surface area contributed by atoms with Gasteiger partial charge in [0, 0.05) is 6.04 Å². The molecule has 4 nitrogen and oxygen atoms in total. The van der Waals surface area contributed by atoms with E-state index < -0.39 is 0 Å². The number of para-hydroxylation sites is 2. The van der Waals surface area contributed by atoms with E-state index in [1.807, 2.05) is 18.2 Å². The molecule has 0 radical (unpaired) electrons. The van der Waals surface area contributed by atoms with Gasteiger partial charge in [0.25, 0.3) is 0 Å². The molecule has 18 heavy (non-hydrogen) atoms. The third-order valence-corrected chi connectivity index (χ3v) is 4.14. The summed E-state index contributed by atoms with van der Waals surface area (Å²) in [5, 5.41) is 0. The van der Waals surface area contributed by atoms with Gasteiger partial charge in [-0.15, -0.1) is 0 Å². The van der Waals surface area contributed by atoms with Crippen molar-refractivity contribution in [2.75, 3.05) is 12.3 Å². The normalized spacial score (nSPS) is 24.5. The van der Waals surface area contributed by atoms with Crippen LogP contribution in [-0.2, 0) is 0 Å². The van der Waals surface area contributed by atoms with Crippen LogP contribution in [0.2, 0.25) is 0 Å². The highest BCUT2D eigenvalue weighted by atomic mass is 15.2. The van der Waals surface area contributed by atoms with Crippen LogP contribution in [0.15, 0.2) is 24.3 Å². The average Bonchev–Trinajstić information content (AvgIpc) is 2.75. The molecule has 0 atom stereocenters. The van der Waals surface area contributed by atoms with Gasteiger partial charge in [-0.3, -0.25) is 0 Å². The van der Waals surface area contributed by atoms with Gasteiger partial charge >= 0.3 is 0 Å². The van der Waals surface area contributed by atoms with Crippen LogP contribution in [-0.4, -0.2) is 16.1 Å². The Morgan fingerprint density at radius 2 is 1.89 bits per heavy atom. The van der Waals surface area contributed by atoms with E-state index in [4.69, 9.17) is 11.5 Å². The van der Waals surface area contributed by atoms with Crippen molar-refractivity contribution in [2.24, 2.45) is 11.7 Å². The maximum absolute atomic E-state index is 6.08. The van der Waals surface area contributed by atoms with Gasteiger partial charge < -0.3 is 16.0 Å². The van der Waals surface area contributed by atoms with Crippen LogP contribution in [0.5, 0.6) is 0 Å². The van der Waals surface area contributed by atoms with E-state index in [2.05, 4.69) is 15.6 Å². The maximum Gasteiger partial charge on any atom is 0.201 e. The number of fused-ring (bicyclic) bond motifs is 1. The molecule has 0 amide bonds. The standard InChI is InChI=1S/C14H20N4/c15-9-10-5-7-11(8-6-10)18-13-4-2-1-3-12(13)17-14(18)16/h1-4,10-11H,5-9,15H2,(H2,16,17). The Kier molecular flexibility index (Phi) is 2.96. The summed E-state index contributed by atoms with van der Waals surface area (Å²) >= 11 is 0. The van der Waals surface area contributed by atoms with Crippen molar-refractivity contribution >= 4 is 17.0 Å². The summed E-state index contributed by atoms with van der Waals surface area (Å²) in [5.74, 6) is 1.34. The van der Waals surface area contributed by atoms with E-state index in [-0.39, 0.29) is 0 Å². The first-order valence-electron chi connectivity index (χ1n) is 6.72. The molecule has 1 aliphatic carbocycles. The first-order chi connectivity index (χ1) is 8.79. The van der Waals surface area contributed by atoms with Crippen molar-refractivity contribution in [3.05, 3.63) is 24.3 Å². The highest BCUT2D eigenvalue weighted by Crippen LogP contribution is 2.35. The summed E-state index contributed by atoms with van der Waals surface area (Å²) in [7, 11) is 0. The molecule has 0 saturated heterocycles. The summed E-state index contributed by atoms with van der Waals surface area (Å²) in [6, 6.07) is 8.66. The number of rotatable bonds is 2. The molecule has 0 unspecified atom stereocenters. The van der Waals surface area contributed by atoms with Crippen molar-refractivity contribution in [3.63, 3.8) is 0 Å². The van der Waals surface area contributed by atoms with E-state index in [0.717, 1.165) is 30.4 Å². The van der Waals surface area contributed by atoms with Crippen molar-refractivity contribution in [3.8, 4) is 0 Å². The van der Waals surface area contributed by atoms with Gasteiger partial charge in [-0.25, -0.2) is 4.98 Å². The number of nitrogens with two attached hydrogens (primary N) is 2. The molecular weight excluding hydrogens is 224 g/mol. The number of nitrogen functional groups attached to an aromatic ring is 1. The second-order valence-corrected chi connectivity index (χ2v) is 5.24. The number of benzene rings is 1. The second-order valence-electron chi connectivity index (χ2n) is 5.24. The Morgan fingerprint density at radius 3 is 2.61 bits per heavy atom. The van der Waals surface area contributed by atoms with Gasteiger partial charge in [-0.1, -0.05) is 12.1 Å². The predicted octanol–water partition coefficient (Wildman–Crippen LogP) is 2.31. The van der Waals surface area contributed by atoms with Gasteiger partial charge in [0.05, 0.1) is 11.0 Å². The van der Waals surface area contributed by atoms with Gasteiger partial charge in [0.15, 0.2) is 0 Å². The van der Waals surface area contributed by atoms with Gasteiger partial charge in [-0.05, 0) is 50.3 Å². The van der Waals surface area contributed by atoms with Crippen molar-refractivity contribution in [1.82, 2.24) is 9.55 Å². The van der Waals surface area contributed by atoms with Crippen LogP contribution in [0.3, 0.4) is 0 Å². The highest BCUT2D eigenvalue weighted by Gasteiger charge is 2.24. The van der Waals surface area contributed by atoms with Crippen molar-refractivity contribution in [2.45, 2.75) is 31.7 Å². The molecule has 1 fully saturated rings. The van der Waals surface area contributed by atoms with Crippen LogP contribution in [0, 0.1) is 5.92 Å². The molecule has 1 heterocycles. The molecule has 1 saturated carbocycles. The van der Waals surface area contributed by atoms with Crippen LogP contribution in [0.1, 0.15) is 31.7 Å². The van der Waals surface area contributed by atoms with E-state index in [0.29, 0.717) is 17.9 Å². The van der Waals surface area contributed by atoms with E-state index in [1.165, 1.54) is 12.8 Å². The number of anilines is 1. The monoisotopic (exact) mass is 244 g/mol. The van der Waals surface area contributed by atoms with Crippen molar-refractivity contribution in [1.29, 1.82) is 0 Å². The molecule has 0 aliphatic heterocycles. The summed E-state index contributed by atoms with van der Waals surface area (Å²) in [5.41, 5.74) is 14.0. The second kappa shape index (κ2) is 4.61. The van der Waals surface area contributed by atoms with Crippen LogP contribution < -0.4 is 11.5 Å². The minimum atomic E-state index is 0.486. The van der Waals surface area contributed by atoms with Crippen molar-refractivity contribution < 1.29 is 0 Å². The Labute approximate surface area is 107 Å². The molecule has 1 aliphatic rings. The molecular formula is C14H20N4. The van der Waals surface area contributed by atoms with Crippen LogP contribution in [0.4, 0.5) is 5.95 Å². The first-order valence-corrected chi connectivity index (χ1v) is 6.72. The molecule has 4 N–H and O–H groups in total. The van der Waals surface area contributed by atoms with E-state index in [1.54, 1.807) is 0 Å². The number of hydrogen-bond acceptors (Lipinski definition) is 3. The predicted molar refractivity (Wildman–Crippen MR) is 74.2 cm³/mol. The van der Waals surface area contributed by atoms with Crippen LogP contribution >= 0.6 is 0 Å². The SMILES string of the molecule is NCC1CCC(n2c(N)nc3ccccc32)CC1. The lowest BCUT2D eigenvalue weighted by Crippen LogP contribution is -2.23. The fourth-order valence-electron chi connectivity index (χ4n) is 3.09. The zero-order valence-corrected chi connectivity index (χ0v) is 10.5. The highest BCUT2D eigenvalue weighted by molar-refractivity contribution is 5.78. The number of nitrogens with zero attached hydrogens (tertiary/aromatic N) is 2. The van der Waals surface area contributed by atoms with E-state index >= 15 is 0 Å². The topological polar surface area (TPSA) is 69.9 Å². The molecule has 1 aromatic carbocycles. The Bertz CT molecular complexity index is 538. The molecule has 0 spiro atoms. The maximum atomic E-state index is 6.08. The molecule has 1 aromatic heterocycles. The fourth-order valence-corrected chi connectivity index (χ4v) is 3.09.